The highest BCUT2D eigenvalue weighted by atomic mass is 32.2. The van der Waals surface area contributed by atoms with Gasteiger partial charge in [-0.1, -0.05) is 18.2 Å². The molecule has 0 radical (unpaired) electrons. The van der Waals surface area contributed by atoms with Crippen LogP contribution in [-0.4, -0.2) is 52.5 Å². The number of aliphatic hydroxyl groups excluding tert-OH is 1. The summed E-state index contributed by atoms with van der Waals surface area (Å²) in [5, 5.41) is 12.2. The lowest BCUT2D eigenvalue weighted by Crippen LogP contribution is -2.49. The fraction of sp³-hybridized carbons (Fsp3) is 0.500. The number of nitrogens with one attached hydrogen (secondary N) is 1. The van der Waals surface area contributed by atoms with Crippen LogP contribution in [0.2, 0.25) is 0 Å². The minimum absolute atomic E-state index is 0.0901. The predicted octanol–water partition coefficient (Wildman–Crippen LogP) is 1.26. The molecular formula is C16H22N2O3S. The molecule has 0 bridgehead atoms. The Hall–Kier alpha value is -1.53. The highest BCUT2D eigenvalue weighted by Gasteiger charge is 2.33. The summed E-state index contributed by atoms with van der Waals surface area (Å²) < 4.78 is 0. The van der Waals surface area contributed by atoms with E-state index in [1.807, 2.05) is 24.5 Å². The first-order chi connectivity index (χ1) is 10.6. The third kappa shape index (κ3) is 3.62. The van der Waals surface area contributed by atoms with Crippen molar-refractivity contribution in [3.63, 3.8) is 0 Å². The molecule has 1 aliphatic rings. The molecule has 0 aromatic heterocycles. The summed E-state index contributed by atoms with van der Waals surface area (Å²) in [6.07, 6.45) is 2.70. The number of aliphatic hydroxyl groups is 1. The third-order valence-corrected chi connectivity index (χ3v) is 4.58. The maximum atomic E-state index is 12.4. The molecule has 0 saturated carbocycles. The second-order valence-corrected chi connectivity index (χ2v) is 6.42. The molecule has 5 nitrogen and oxygen atoms in total. The highest BCUT2D eigenvalue weighted by Crippen LogP contribution is 2.24. The lowest BCUT2D eigenvalue weighted by atomic mass is 10.1. The first-order valence-electron chi connectivity index (χ1n) is 7.37. The van der Waals surface area contributed by atoms with Crippen molar-refractivity contribution in [2.45, 2.75) is 32.0 Å². The quantitative estimate of drug-likeness (QED) is 0.793. The Morgan fingerprint density at radius 3 is 2.82 bits per heavy atom. The number of fused-ring (bicyclic) bond motifs is 1. The SMILES string of the molecule is CSCC[C@@H](CO)NC(=O)[C@H](C)N1Cc2ccccc2C1=O. The van der Waals surface area contributed by atoms with Gasteiger partial charge >= 0.3 is 0 Å². The normalized spacial score (nSPS) is 16.3. The molecule has 0 aliphatic carbocycles. The largest absolute Gasteiger partial charge is 0.394 e. The second kappa shape index (κ2) is 7.65. The fourth-order valence-electron chi connectivity index (χ4n) is 2.52. The molecule has 120 valence electrons. The summed E-state index contributed by atoms with van der Waals surface area (Å²) in [4.78, 5) is 26.3. The molecule has 22 heavy (non-hydrogen) atoms. The van der Waals surface area contributed by atoms with Crippen molar-refractivity contribution in [2.75, 3.05) is 18.6 Å². The summed E-state index contributed by atoms with van der Waals surface area (Å²) >= 11 is 1.67. The number of benzene rings is 1. The van der Waals surface area contributed by atoms with Gasteiger partial charge in [-0.25, -0.2) is 0 Å². The molecule has 2 rings (SSSR count). The van der Waals surface area contributed by atoms with Crippen LogP contribution in [-0.2, 0) is 11.3 Å². The van der Waals surface area contributed by atoms with Crippen LogP contribution in [0, 0.1) is 0 Å². The van der Waals surface area contributed by atoms with Crippen molar-refractivity contribution in [3.8, 4) is 0 Å². The summed E-state index contributed by atoms with van der Waals surface area (Å²) in [6, 6.07) is 6.61. The Morgan fingerprint density at radius 1 is 1.45 bits per heavy atom. The molecule has 0 fully saturated rings. The first kappa shape index (κ1) is 16.8. The molecule has 6 heteroatoms. The van der Waals surface area contributed by atoms with Crippen LogP contribution in [0.4, 0.5) is 0 Å². The van der Waals surface area contributed by atoms with Gasteiger partial charge in [-0.15, -0.1) is 0 Å². The Bertz CT molecular complexity index is 550. The second-order valence-electron chi connectivity index (χ2n) is 5.44. The number of nitrogens with zero attached hydrogens (tertiary/aromatic N) is 1. The topological polar surface area (TPSA) is 69.6 Å². The predicted molar refractivity (Wildman–Crippen MR) is 87.8 cm³/mol. The lowest BCUT2D eigenvalue weighted by Gasteiger charge is -2.25. The van der Waals surface area contributed by atoms with Crippen molar-refractivity contribution in [1.82, 2.24) is 10.2 Å². The summed E-state index contributed by atoms with van der Waals surface area (Å²) in [5.41, 5.74) is 1.62. The Morgan fingerprint density at radius 2 is 2.18 bits per heavy atom. The van der Waals surface area contributed by atoms with E-state index in [-0.39, 0.29) is 24.5 Å². The van der Waals surface area contributed by atoms with Crippen molar-refractivity contribution < 1.29 is 14.7 Å². The molecule has 1 heterocycles. The highest BCUT2D eigenvalue weighted by molar-refractivity contribution is 7.98. The zero-order chi connectivity index (χ0) is 16.1. The average molecular weight is 322 g/mol. The summed E-state index contributed by atoms with van der Waals surface area (Å²) in [7, 11) is 0. The molecule has 2 atom stereocenters. The van der Waals surface area contributed by atoms with Crippen LogP contribution in [0.15, 0.2) is 24.3 Å². The van der Waals surface area contributed by atoms with Gasteiger partial charge in [0.1, 0.15) is 6.04 Å². The minimum atomic E-state index is -0.553. The molecular weight excluding hydrogens is 300 g/mol. The zero-order valence-electron chi connectivity index (χ0n) is 12.9. The monoisotopic (exact) mass is 322 g/mol. The van der Waals surface area contributed by atoms with Gasteiger partial charge in [0.05, 0.1) is 12.6 Å². The van der Waals surface area contributed by atoms with E-state index in [1.54, 1.807) is 29.7 Å². The molecule has 2 N–H and O–H groups in total. The van der Waals surface area contributed by atoms with E-state index in [1.165, 1.54) is 0 Å². The minimum Gasteiger partial charge on any atom is -0.394 e. The van der Waals surface area contributed by atoms with Gasteiger partial charge < -0.3 is 15.3 Å². The van der Waals surface area contributed by atoms with Crippen LogP contribution in [0.25, 0.3) is 0 Å². The van der Waals surface area contributed by atoms with Gasteiger partial charge in [0, 0.05) is 12.1 Å². The number of hydrogen-bond acceptors (Lipinski definition) is 4. The summed E-state index contributed by atoms with van der Waals surface area (Å²) in [5.74, 6) is 0.540. The van der Waals surface area contributed by atoms with E-state index in [4.69, 9.17) is 0 Å². The first-order valence-corrected chi connectivity index (χ1v) is 8.77. The van der Waals surface area contributed by atoms with Crippen molar-refractivity contribution in [1.29, 1.82) is 0 Å². The lowest BCUT2D eigenvalue weighted by molar-refractivity contribution is -0.126. The van der Waals surface area contributed by atoms with E-state index < -0.39 is 6.04 Å². The number of rotatable bonds is 7. The van der Waals surface area contributed by atoms with Crippen LogP contribution < -0.4 is 5.32 Å². The van der Waals surface area contributed by atoms with Gasteiger partial charge in [0.25, 0.3) is 5.91 Å². The molecule has 0 spiro atoms. The molecule has 0 unspecified atom stereocenters. The van der Waals surface area contributed by atoms with E-state index in [0.29, 0.717) is 18.5 Å². The van der Waals surface area contributed by atoms with Crippen LogP contribution in [0.5, 0.6) is 0 Å². The van der Waals surface area contributed by atoms with E-state index in [2.05, 4.69) is 5.32 Å². The molecule has 1 aromatic rings. The molecule has 1 aliphatic heterocycles. The molecule has 0 saturated heterocycles. The Kier molecular flexibility index (Phi) is 5.85. The van der Waals surface area contributed by atoms with Gasteiger partial charge in [0.15, 0.2) is 0 Å². The smallest absolute Gasteiger partial charge is 0.255 e. The maximum absolute atomic E-state index is 12.4. The van der Waals surface area contributed by atoms with Crippen molar-refractivity contribution >= 4 is 23.6 Å². The maximum Gasteiger partial charge on any atom is 0.255 e. The third-order valence-electron chi connectivity index (χ3n) is 3.93. The number of carbonyl (C=O) groups is 2. The Labute approximate surface area is 135 Å². The van der Waals surface area contributed by atoms with Gasteiger partial charge in [-0.3, -0.25) is 9.59 Å². The van der Waals surface area contributed by atoms with Crippen molar-refractivity contribution in [3.05, 3.63) is 35.4 Å². The van der Waals surface area contributed by atoms with Crippen molar-refractivity contribution in [2.24, 2.45) is 0 Å². The number of carbonyl (C=O) groups excluding carboxylic acids is 2. The van der Waals surface area contributed by atoms with Gasteiger partial charge in [-0.05, 0) is 37.0 Å². The number of amides is 2. The van der Waals surface area contributed by atoms with Crippen LogP contribution >= 0.6 is 11.8 Å². The van der Waals surface area contributed by atoms with Gasteiger partial charge in [-0.2, -0.15) is 11.8 Å². The van der Waals surface area contributed by atoms with Crippen LogP contribution in [0.1, 0.15) is 29.3 Å². The molecule has 2 amide bonds. The zero-order valence-corrected chi connectivity index (χ0v) is 13.7. The van der Waals surface area contributed by atoms with E-state index in [9.17, 15) is 14.7 Å². The average Bonchev–Trinajstić information content (AvgIpc) is 2.87. The van der Waals surface area contributed by atoms with Crippen LogP contribution in [0.3, 0.4) is 0 Å². The molecule has 1 aromatic carbocycles. The van der Waals surface area contributed by atoms with Gasteiger partial charge in [0.2, 0.25) is 5.91 Å². The summed E-state index contributed by atoms with van der Waals surface area (Å²) in [6.45, 7) is 2.09. The fourth-order valence-corrected chi connectivity index (χ4v) is 3.04. The van der Waals surface area contributed by atoms with E-state index >= 15 is 0 Å². The Balaban J connectivity index is 1.98. The number of hydrogen-bond donors (Lipinski definition) is 2. The standard InChI is InChI=1S/C16H22N2O3S/c1-11(15(20)17-13(10-19)7-8-22-2)18-9-12-5-3-4-6-14(12)16(18)21/h3-6,11,13,19H,7-10H2,1-2H3,(H,17,20)/t11-,13-/m0/s1. The van der Waals surface area contributed by atoms with E-state index in [0.717, 1.165) is 11.3 Å². The number of thioether (sulfide) groups is 1.